The number of hydrogen-bond acceptors (Lipinski definition) is 8. The molecule has 0 radical (unpaired) electrons. The number of aromatic nitrogens is 2. The van der Waals surface area contributed by atoms with E-state index in [9.17, 15) is 9.90 Å². The normalized spacial score (nSPS) is 18.0. The number of amides is 1. The molecular weight excluding hydrogens is 516 g/mol. The molecule has 0 bridgehead atoms. The van der Waals surface area contributed by atoms with Gasteiger partial charge in [0.05, 0.1) is 11.8 Å². The first-order valence-electron chi connectivity index (χ1n) is 15.4. The number of nitrogens with zero attached hydrogens (tertiary/aromatic N) is 4. The van der Waals surface area contributed by atoms with Crippen LogP contribution in [0.3, 0.4) is 0 Å². The first-order chi connectivity index (χ1) is 19.7. The lowest BCUT2D eigenvalue weighted by Crippen LogP contribution is -2.44. The van der Waals surface area contributed by atoms with Crippen LogP contribution < -0.4 is 10.6 Å². The van der Waals surface area contributed by atoms with Crippen molar-refractivity contribution in [2.24, 2.45) is 0 Å². The summed E-state index contributed by atoms with van der Waals surface area (Å²) >= 11 is 0. The van der Waals surface area contributed by atoms with Gasteiger partial charge in [0.1, 0.15) is 17.7 Å². The fourth-order valence-corrected chi connectivity index (χ4v) is 5.72. The molecule has 1 saturated heterocycles. The molecular formula is C32H50N6O3. The maximum atomic E-state index is 12.4. The predicted octanol–water partition coefficient (Wildman–Crippen LogP) is 4.57. The van der Waals surface area contributed by atoms with Crippen molar-refractivity contribution in [3.8, 4) is 0 Å². The topological polar surface area (TPSA) is 103 Å². The number of β-amino-alcohol motifs (C(OH)–C–C–N with tert-alkyl or cyclic N) is 1. The maximum absolute atomic E-state index is 12.4. The molecule has 1 fully saturated rings. The number of aliphatic hydroxyl groups is 1. The monoisotopic (exact) mass is 566 g/mol. The highest BCUT2D eigenvalue weighted by molar-refractivity contribution is 5.68. The molecule has 0 saturated carbocycles. The maximum Gasteiger partial charge on any atom is 0.410 e. The number of nitrogens with one attached hydrogen (secondary N) is 2. The van der Waals surface area contributed by atoms with Crippen LogP contribution in [0.2, 0.25) is 0 Å². The summed E-state index contributed by atoms with van der Waals surface area (Å²) in [5.41, 5.74) is 3.35. The van der Waals surface area contributed by atoms with Gasteiger partial charge in [-0.25, -0.2) is 14.8 Å². The van der Waals surface area contributed by atoms with Crippen LogP contribution in [0.25, 0.3) is 0 Å². The van der Waals surface area contributed by atoms with Crippen molar-refractivity contribution in [3.05, 3.63) is 53.5 Å². The van der Waals surface area contributed by atoms with Crippen LogP contribution in [-0.4, -0.2) is 88.0 Å². The summed E-state index contributed by atoms with van der Waals surface area (Å²) in [6, 6.07) is 10.9. The third-order valence-corrected chi connectivity index (χ3v) is 7.96. The minimum Gasteiger partial charge on any atom is -0.444 e. The van der Waals surface area contributed by atoms with Crippen LogP contribution in [-0.2, 0) is 17.7 Å². The molecule has 2 aliphatic rings. The molecule has 1 amide bonds. The third-order valence-electron chi connectivity index (χ3n) is 7.96. The van der Waals surface area contributed by atoms with Crippen LogP contribution in [0, 0.1) is 0 Å². The van der Waals surface area contributed by atoms with E-state index in [2.05, 4.69) is 62.8 Å². The minimum absolute atomic E-state index is 0.238. The van der Waals surface area contributed by atoms with Gasteiger partial charge in [-0.3, -0.25) is 4.90 Å². The Bertz CT molecular complexity index is 1100. The Hall–Kier alpha value is -2.75. The number of hydrogen-bond donors (Lipinski definition) is 3. The van der Waals surface area contributed by atoms with E-state index >= 15 is 0 Å². The van der Waals surface area contributed by atoms with Gasteiger partial charge in [0.2, 0.25) is 0 Å². The zero-order chi connectivity index (χ0) is 29.2. The summed E-state index contributed by atoms with van der Waals surface area (Å²) in [5.74, 6) is 1.08. The molecule has 41 heavy (non-hydrogen) atoms. The van der Waals surface area contributed by atoms with E-state index in [0.717, 1.165) is 69.7 Å². The van der Waals surface area contributed by atoms with Crippen molar-refractivity contribution in [1.82, 2.24) is 25.1 Å². The van der Waals surface area contributed by atoms with Crippen molar-refractivity contribution in [1.29, 1.82) is 0 Å². The van der Waals surface area contributed by atoms with E-state index in [1.165, 1.54) is 11.1 Å². The Morgan fingerprint density at radius 3 is 2.61 bits per heavy atom. The van der Waals surface area contributed by atoms with Gasteiger partial charge in [0.25, 0.3) is 0 Å². The molecule has 2 aliphatic heterocycles. The van der Waals surface area contributed by atoms with E-state index in [-0.39, 0.29) is 18.1 Å². The van der Waals surface area contributed by atoms with Gasteiger partial charge < -0.3 is 25.4 Å². The van der Waals surface area contributed by atoms with Crippen LogP contribution in [0.15, 0.2) is 36.7 Å². The summed E-state index contributed by atoms with van der Waals surface area (Å²) in [6.07, 6.45) is 7.02. The number of aliphatic hydroxyl groups excluding tert-OH is 1. The minimum atomic E-state index is -0.481. The van der Waals surface area contributed by atoms with Gasteiger partial charge in [-0.15, -0.1) is 0 Å². The molecule has 226 valence electrons. The summed E-state index contributed by atoms with van der Waals surface area (Å²) in [4.78, 5) is 25.7. The SMILES string of the molecule is CCCCC(CNCC(O)CN1CCc2ccccc2C1)c1cc(NC2CCN(C(=O)OC(C)(C)C)CC2)ncn1. The fourth-order valence-electron chi connectivity index (χ4n) is 5.72. The molecule has 9 nitrogen and oxygen atoms in total. The van der Waals surface area contributed by atoms with Crippen molar-refractivity contribution in [2.75, 3.05) is 44.6 Å². The number of carbonyl (C=O) groups is 1. The lowest BCUT2D eigenvalue weighted by Gasteiger charge is -2.34. The van der Waals surface area contributed by atoms with Gasteiger partial charge in [-0.2, -0.15) is 0 Å². The van der Waals surface area contributed by atoms with E-state index in [4.69, 9.17) is 4.74 Å². The Morgan fingerprint density at radius 2 is 1.88 bits per heavy atom. The highest BCUT2D eigenvalue weighted by atomic mass is 16.6. The molecule has 1 aromatic heterocycles. The second-order valence-electron chi connectivity index (χ2n) is 12.6. The number of carbonyl (C=O) groups excluding carboxylic acids is 1. The molecule has 2 atom stereocenters. The average molecular weight is 567 g/mol. The average Bonchev–Trinajstić information content (AvgIpc) is 2.94. The standard InChI is InChI=1S/C32H50N6O3/c1-5-6-9-25(19-33-20-28(39)22-37-15-12-24-10-7-8-11-26(24)21-37)29-18-30(35-23-34-29)36-27-13-16-38(17-14-27)31(40)41-32(2,3)4/h7-8,10-11,18,23,25,27-28,33,39H,5-6,9,12-17,19-22H2,1-4H3,(H,34,35,36). The summed E-state index contributed by atoms with van der Waals surface area (Å²) < 4.78 is 5.52. The molecule has 0 spiro atoms. The number of unbranched alkanes of at least 4 members (excludes halogenated alkanes) is 1. The van der Waals surface area contributed by atoms with E-state index in [1.54, 1.807) is 11.2 Å². The molecule has 2 aromatic rings. The number of fused-ring (bicyclic) bond motifs is 1. The van der Waals surface area contributed by atoms with Crippen molar-refractivity contribution in [2.45, 2.75) is 96.4 Å². The number of piperidine rings is 1. The molecule has 1 aromatic carbocycles. The Labute approximate surface area is 246 Å². The van der Waals surface area contributed by atoms with Gasteiger partial charge in [0, 0.05) is 63.8 Å². The van der Waals surface area contributed by atoms with Crippen molar-refractivity contribution >= 4 is 11.9 Å². The van der Waals surface area contributed by atoms with Crippen LogP contribution >= 0.6 is 0 Å². The first-order valence-corrected chi connectivity index (χ1v) is 15.4. The summed E-state index contributed by atoms with van der Waals surface area (Å²) in [6.45, 7) is 13.1. The quantitative estimate of drug-likeness (QED) is 0.343. The van der Waals surface area contributed by atoms with Crippen LogP contribution in [0.4, 0.5) is 10.6 Å². The van der Waals surface area contributed by atoms with E-state index in [1.807, 2.05) is 20.8 Å². The Morgan fingerprint density at radius 1 is 1.12 bits per heavy atom. The van der Waals surface area contributed by atoms with Crippen LogP contribution in [0.1, 0.15) is 82.5 Å². The predicted molar refractivity (Wildman–Crippen MR) is 163 cm³/mol. The lowest BCUT2D eigenvalue weighted by atomic mass is 9.97. The molecule has 0 aliphatic carbocycles. The molecule has 3 N–H and O–H groups in total. The second-order valence-corrected chi connectivity index (χ2v) is 12.6. The highest BCUT2D eigenvalue weighted by Gasteiger charge is 2.27. The van der Waals surface area contributed by atoms with E-state index in [0.29, 0.717) is 26.2 Å². The van der Waals surface area contributed by atoms with Gasteiger partial charge in [-0.1, -0.05) is 44.0 Å². The number of rotatable bonds is 12. The van der Waals surface area contributed by atoms with Gasteiger partial charge in [-0.05, 0) is 57.6 Å². The Balaban J connectivity index is 1.24. The molecule has 2 unspecified atom stereocenters. The molecule has 3 heterocycles. The van der Waals surface area contributed by atoms with Gasteiger partial charge >= 0.3 is 6.09 Å². The Kier molecular flexibility index (Phi) is 11.4. The molecule has 9 heteroatoms. The second kappa shape index (κ2) is 14.9. The fraction of sp³-hybridized carbons (Fsp3) is 0.656. The highest BCUT2D eigenvalue weighted by Crippen LogP contribution is 2.24. The van der Waals surface area contributed by atoms with E-state index < -0.39 is 11.7 Å². The zero-order valence-electron chi connectivity index (χ0n) is 25.4. The van der Waals surface area contributed by atoms with Crippen LogP contribution in [0.5, 0.6) is 0 Å². The number of ether oxygens (including phenoxy) is 1. The largest absolute Gasteiger partial charge is 0.444 e. The third kappa shape index (κ3) is 9.94. The number of anilines is 1. The van der Waals surface area contributed by atoms with Crippen molar-refractivity contribution < 1.29 is 14.6 Å². The summed E-state index contributed by atoms with van der Waals surface area (Å²) in [5, 5.41) is 17.9. The van der Waals surface area contributed by atoms with Crippen molar-refractivity contribution in [3.63, 3.8) is 0 Å². The number of benzene rings is 1. The zero-order valence-corrected chi connectivity index (χ0v) is 25.4. The van der Waals surface area contributed by atoms with Gasteiger partial charge in [0.15, 0.2) is 0 Å². The first kappa shape index (κ1) is 31.2. The number of likely N-dealkylation sites (tertiary alicyclic amines) is 1. The molecule has 4 rings (SSSR count). The lowest BCUT2D eigenvalue weighted by molar-refractivity contribution is 0.0210. The summed E-state index contributed by atoms with van der Waals surface area (Å²) in [7, 11) is 0. The smallest absolute Gasteiger partial charge is 0.410 e.